The maximum absolute atomic E-state index is 12.5. The van der Waals surface area contributed by atoms with E-state index < -0.39 is 24.2 Å². The molecular formula is C21H23NO4. The summed E-state index contributed by atoms with van der Waals surface area (Å²) >= 11 is 0. The molecule has 1 saturated heterocycles. The van der Waals surface area contributed by atoms with Gasteiger partial charge in [0.2, 0.25) is 0 Å². The molecule has 1 amide bonds. The number of nitrogens with zero attached hydrogens (tertiary/aromatic N) is 1. The van der Waals surface area contributed by atoms with Gasteiger partial charge in [-0.2, -0.15) is 0 Å². The van der Waals surface area contributed by atoms with Gasteiger partial charge in [-0.3, -0.25) is 4.90 Å². The third kappa shape index (κ3) is 3.72. The average molecular weight is 353 g/mol. The molecule has 0 saturated carbocycles. The van der Waals surface area contributed by atoms with Crippen LogP contribution in [0, 0.1) is 0 Å². The Hall–Kier alpha value is -2.82. The van der Waals surface area contributed by atoms with Crippen molar-refractivity contribution in [2.45, 2.75) is 38.0 Å². The van der Waals surface area contributed by atoms with Crippen LogP contribution in [0.1, 0.15) is 30.5 Å². The van der Waals surface area contributed by atoms with E-state index in [0.717, 1.165) is 17.5 Å². The van der Waals surface area contributed by atoms with Crippen LogP contribution in [0.2, 0.25) is 0 Å². The predicted molar refractivity (Wildman–Crippen MR) is 97.5 cm³/mol. The number of cyclic esters (lactones) is 1. The minimum atomic E-state index is -0.744. The van der Waals surface area contributed by atoms with Gasteiger partial charge in [0.15, 0.2) is 6.04 Å². The number of carbonyl (C=O) groups is 2. The molecule has 1 fully saturated rings. The Bertz CT molecular complexity index is 747. The van der Waals surface area contributed by atoms with Crippen molar-refractivity contribution in [2.75, 3.05) is 7.11 Å². The molecule has 0 aliphatic carbocycles. The summed E-state index contributed by atoms with van der Waals surface area (Å²) in [6.45, 7) is 1.89. The van der Waals surface area contributed by atoms with E-state index in [0.29, 0.717) is 6.42 Å². The highest BCUT2D eigenvalue weighted by molar-refractivity contribution is 5.85. The molecule has 0 spiro atoms. The van der Waals surface area contributed by atoms with Gasteiger partial charge in [-0.25, -0.2) is 9.59 Å². The summed E-state index contributed by atoms with van der Waals surface area (Å²) in [6, 6.07) is 18.5. The van der Waals surface area contributed by atoms with Crippen LogP contribution in [-0.4, -0.2) is 36.2 Å². The lowest BCUT2D eigenvalue weighted by Gasteiger charge is -2.28. The van der Waals surface area contributed by atoms with E-state index in [1.54, 1.807) is 0 Å². The number of aryl methyl sites for hydroxylation is 1. The Kier molecular flexibility index (Phi) is 5.56. The maximum Gasteiger partial charge on any atom is 0.411 e. The van der Waals surface area contributed by atoms with Crippen LogP contribution in [0.15, 0.2) is 60.7 Å². The molecule has 0 N–H and O–H groups in total. The van der Waals surface area contributed by atoms with Crippen LogP contribution in [0.5, 0.6) is 0 Å². The van der Waals surface area contributed by atoms with Crippen LogP contribution < -0.4 is 0 Å². The van der Waals surface area contributed by atoms with Crippen molar-refractivity contribution >= 4 is 12.1 Å². The molecule has 3 atom stereocenters. The summed E-state index contributed by atoms with van der Waals surface area (Å²) in [7, 11) is 1.34. The summed E-state index contributed by atoms with van der Waals surface area (Å²) in [6.07, 6.45) is 0.282. The Balaban J connectivity index is 1.80. The SMILES string of the molecule is COC(=O)C1C(CCc2ccccc2)OC(=O)N1C(C)c1ccccc1. The zero-order valence-electron chi connectivity index (χ0n) is 15.0. The maximum atomic E-state index is 12.5. The lowest BCUT2D eigenvalue weighted by molar-refractivity contribution is -0.147. The summed E-state index contributed by atoms with van der Waals surface area (Å²) in [5, 5.41) is 0. The largest absolute Gasteiger partial charge is 0.467 e. The first-order valence-electron chi connectivity index (χ1n) is 8.77. The number of esters is 1. The highest BCUT2D eigenvalue weighted by atomic mass is 16.6. The lowest BCUT2D eigenvalue weighted by atomic mass is 9.99. The molecule has 5 heteroatoms. The third-order valence-corrected chi connectivity index (χ3v) is 4.82. The van der Waals surface area contributed by atoms with Gasteiger partial charge in [0.05, 0.1) is 13.2 Å². The second kappa shape index (κ2) is 8.04. The molecule has 0 aromatic heterocycles. The van der Waals surface area contributed by atoms with Crippen LogP contribution >= 0.6 is 0 Å². The predicted octanol–water partition coefficient (Wildman–Crippen LogP) is 3.74. The van der Waals surface area contributed by atoms with Gasteiger partial charge in [-0.1, -0.05) is 60.7 Å². The first-order chi connectivity index (χ1) is 12.6. The van der Waals surface area contributed by atoms with Gasteiger partial charge in [-0.15, -0.1) is 0 Å². The smallest absolute Gasteiger partial charge is 0.411 e. The Morgan fingerprint density at radius 2 is 1.73 bits per heavy atom. The zero-order valence-corrected chi connectivity index (χ0v) is 15.0. The van der Waals surface area contributed by atoms with Crippen molar-refractivity contribution in [1.82, 2.24) is 4.90 Å². The van der Waals surface area contributed by atoms with Crippen LogP contribution in [0.3, 0.4) is 0 Å². The molecule has 2 aromatic carbocycles. The molecule has 5 nitrogen and oxygen atoms in total. The number of hydrogen-bond acceptors (Lipinski definition) is 4. The molecule has 0 radical (unpaired) electrons. The van der Waals surface area contributed by atoms with E-state index in [1.165, 1.54) is 12.0 Å². The molecule has 136 valence electrons. The molecule has 2 aromatic rings. The van der Waals surface area contributed by atoms with E-state index in [1.807, 2.05) is 67.6 Å². The van der Waals surface area contributed by atoms with E-state index in [9.17, 15) is 9.59 Å². The van der Waals surface area contributed by atoms with Crippen molar-refractivity contribution < 1.29 is 19.1 Å². The zero-order chi connectivity index (χ0) is 18.5. The highest BCUT2D eigenvalue weighted by Gasteiger charge is 2.48. The van der Waals surface area contributed by atoms with Gasteiger partial charge in [0, 0.05) is 0 Å². The second-order valence-corrected chi connectivity index (χ2v) is 6.41. The number of benzene rings is 2. The highest BCUT2D eigenvalue weighted by Crippen LogP contribution is 2.32. The minimum absolute atomic E-state index is 0.283. The van der Waals surface area contributed by atoms with Gasteiger partial charge in [-0.05, 0) is 30.9 Å². The number of methoxy groups -OCH3 is 1. The molecule has 3 rings (SSSR count). The van der Waals surface area contributed by atoms with Gasteiger partial charge >= 0.3 is 12.1 Å². The Morgan fingerprint density at radius 1 is 1.12 bits per heavy atom. The standard InChI is InChI=1S/C21H23NO4/c1-15(17-11-7-4-8-12-17)22-19(20(23)25-2)18(26-21(22)24)14-13-16-9-5-3-6-10-16/h3-12,15,18-19H,13-14H2,1-2H3. The quantitative estimate of drug-likeness (QED) is 0.742. The van der Waals surface area contributed by atoms with Crippen LogP contribution in [-0.2, 0) is 20.7 Å². The van der Waals surface area contributed by atoms with E-state index in [-0.39, 0.29) is 6.04 Å². The molecule has 1 heterocycles. The summed E-state index contributed by atoms with van der Waals surface area (Å²) in [4.78, 5) is 26.5. The number of ether oxygens (including phenoxy) is 2. The van der Waals surface area contributed by atoms with Crippen molar-refractivity contribution in [3.05, 3.63) is 71.8 Å². The van der Waals surface area contributed by atoms with Crippen molar-refractivity contribution in [1.29, 1.82) is 0 Å². The summed E-state index contributed by atoms with van der Waals surface area (Å²) in [5.41, 5.74) is 2.09. The molecular weight excluding hydrogens is 330 g/mol. The fourth-order valence-electron chi connectivity index (χ4n) is 3.40. The third-order valence-electron chi connectivity index (χ3n) is 4.82. The second-order valence-electron chi connectivity index (χ2n) is 6.41. The fraction of sp³-hybridized carbons (Fsp3) is 0.333. The van der Waals surface area contributed by atoms with E-state index in [2.05, 4.69) is 0 Å². The van der Waals surface area contributed by atoms with Gasteiger partial charge in [0.25, 0.3) is 0 Å². The number of rotatable bonds is 6. The van der Waals surface area contributed by atoms with Gasteiger partial charge < -0.3 is 9.47 Å². The van der Waals surface area contributed by atoms with E-state index in [4.69, 9.17) is 9.47 Å². The number of hydrogen-bond donors (Lipinski definition) is 0. The summed E-state index contributed by atoms with van der Waals surface area (Å²) < 4.78 is 10.5. The summed E-state index contributed by atoms with van der Waals surface area (Å²) in [5.74, 6) is -0.448. The minimum Gasteiger partial charge on any atom is -0.467 e. The van der Waals surface area contributed by atoms with Gasteiger partial charge in [0.1, 0.15) is 6.10 Å². The van der Waals surface area contributed by atoms with Crippen molar-refractivity contribution in [2.24, 2.45) is 0 Å². The van der Waals surface area contributed by atoms with Crippen molar-refractivity contribution in [3.8, 4) is 0 Å². The van der Waals surface area contributed by atoms with Crippen LogP contribution in [0.25, 0.3) is 0 Å². The molecule has 3 unspecified atom stereocenters. The number of amides is 1. The monoisotopic (exact) mass is 353 g/mol. The normalized spacial score (nSPS) is 20.5. The molecule has 0 bridgehead atoms. The first kappa shape index (κ1) is 18.0. The average Bonchev–Trinajstić information content (AvgIpc) is 3.02. The van der Waals surface area contributed by atoms with Crippen LogP contribution in [0.4, 0.5) is 4.79 Å². The molecule has 1 aliphatic heterocycles. The number of carbonyl (C=O) groups excluding carboxylic acids is 2. The fourth-order valence-corrected chi connectivity index (χ4v) is 3.40. The lowest BCUT2D eigenvalue weighted by Crippen LogP contribution is -2.45. The Labute approximate surface area is 153 Å². The topological polar surface area (TPSA) is 55.8 Å². The molecule has 26 heavy (non-hydrogen) atoms. The van der Waals surface area contributed by atoms with E-state index >= 15 is 0 Å². The van der Waals surface area contributed by atoms with Crippen molar-refractivity contribution in [3.63, 3.8) is 0 Å². The molecule has 1 aliphatic rings. The first-order valence-corrected chi connectivity index (χ1v) is 8.77. The Morgan fingerprint density at radius 3 is 2.35 bits per heavy atom.